The number of rotatable bonds is 77. The summed E-state index contributed by atoms with van der Waals surface area (Å²) in [6.07, 6.45) is 103. The number of aliphatic hydroxyl groups is 2. The molecule has 0 saturated heterocycles. The van der Waals surface area contributed by atoms with Gasteiger partial charge in [-0.3, -0.25) is 32.5 Å². The van der Waals surface area contributed by atoms with E-state index < -0.39 is 91.5 Å². The molecule has 0 aliphatic heterocycles. The smallest absolute Gasteiger partial charge is 0.463 e. The minimum Gasteiger partial charge on any atom is -0.463 e. The third-order valence-corrected chi connectivity index (χ3v) is 18.8. The SMILES string of the molecule is CC/C=C\C/C=C\C/C=C\C/C=C\C/C=C\C/C=C\CCCCCCCCCCCCC(=O)OCC(O)COP(=O)(O)OCC(O)COP(=O)(O)OCC(COC(=O)CCCCCCCCCCCCC/C=C\C/C=C\C/C=C\C/C=C\C/C=C\CC)OC(=O)CCCCCCC/C=C\C/C=C\C/C=C\CC. The highest BCUT2D eigenvalue weighted by molar-refractivity contribution is 7.47. The van der Waals surface area contributed by atoms with E-state index in [4.69, 9.17) is 32.3 Å². The highest BCUT2D eigenvalue weighted by Crippen LogP contribution is 2.45. The summed E-state index contributed by atoms with van der Waals surface area (Å²) >= 11 is 0. The van der Waals surface area contributed by atoms with Crippen molar-refractivity contribution < 1.29 is 75.8 Å². The second kappa shape index (κ2) is 80.4. The quantitative estimate of drug-likeness (QED) is 0.0146. The van der Waals surface area contributed by atoms with E-state index in [9.17, 15) is 43.5 Å². The van der Waals surface area contributed by atoms with Gasteiger partial charge in [0.25, 0.3) is 0 Å². The summed E-state index contributed by atoms with van der Waals surface area (Å²) in [5, 5.41) is 20.7. The van der Waals surface area contributed by atoms with Crippen molar-refractivity contribution in [1.29, 1.82) is 0 Å². The number of phosphoric acid groups is 2. The first-order valence-corrected chi connectivity index (χ1v) is 44.4. The molecule has 107 heavy (non-hydrogen) atoms. The van der Waals surface area contributed by atoms with Gasteiger partial charge in [0.2, 0.25) is 0 Å². The Hall–Kier alpha value is -5.09. The maximum Gasteiger partial charge on any atom is 0.472 e. The van der Waals surface area contributed by atoms with Crippen LogP contribution in [0.1, 0.15) is 316 Å². The van der Waals surface area contributed by atoms with Crippen molar-refractivity contribution >= 4 is 33.6 Å². The van der Waals surface area contributed by atoms with Crippen LogP contribution in [0.25, 0.3) is 0 Å². The summed E-state index contributed by atoms with van der Waals surface area (Å²) in [5.41, 5.74) is 0. The zero-order valence-electron chi connectivity index (χ0n) is 66.7. The molecule has 0 aromatic heterocycles. The van der Waals surface area contributed by atoms with Gasteiger partial charge in [0.15, 0.2) is 6.10 Å². The van der Waals surface area contributed by atoms with Gasteiger partial charge >= 0.3 is 33.6 Å². The molecule has 4 N–H and O–H groups in total. The zero-order chi connectivity index (χ0) is 78.0. The topological polar surface area (TPSA) is 231 Å². The second-order valence-corrected chi connectivity index (χ2v) is 30.0. The first-order chi connectivity index (χ1) is 52.2. The van der Waals surface area contributed by atoms with Crippen LogP contribution in [-0.2, 0) is 55.8 Å². The molecule has 0 aliphatic carbocycles. The lowest BCUT2D eigenvalue weighted by atomic mass is 10.0. The van der Waals surface area contributed by atoms with Gasteiger partial charge in [0.1, 0.15) is 25.4 Å². The fourth-order valence-corrected chi connectivity index (χ4v) is 12.3. The monoisotopic (exact) mass is 1540 g/mol. The molecular formula is C89H148O16P2. The highest BCUT2D eigenvalue weighted by atomic mass is 31.2. The molecule has 5 unspecified atom stereocenters. The molecular weight excluding hydrogens is 1390 g/mol. The maximum atomic E-state index is 13.0. The average molecular weight is 1540 g/mol. The molecule has 16 nitrogen and oxygen atoms in total. The first-order valence-electron chi connectivity index (χ1n) is 41.4. The van der Waals surface area contributed by atoms with E-state index in [1.807, 2.05) is 0 Å². The lowest BCUT2D eigenvalue weighted by molar-refractivity contribution is -0.161. The molecule has 0 spiro atoms. The molecule has 610 valence electrons. The number of carbonyl (C=O) groups is 3. The predicted molar refractivity (Wildman–Crippen MR) is 445 cm³/mol. The van der Waals surface area contributed by atoms with Gasteiger partial charge in [-0.15, -0.1) is 0 Å². The van der Waals surface area contributed by atoms with Crippen molar-refractivity contribution in [3.63, 3.8) is 0 Å². The summed E-state index contributed by atoms with van der Waals surface area (Å²) in [6, 6.07) is 0. The fourth-order valence-electron chi connectivity index (χ4n) is 10.7. The Morgan fingerprint density at radius 2 is 0.467 bits per heavy atom. The molecule has 0 aromatic carbocycles. The second-order valence-electron chi connectivity index (χ2n) is 27.1. The number of carbonyl (C=O) groups excluding carboxylic acids is 3. The van der Waals surface area contributed by atoms with E-state index in [0.29, 0.717) is 19.3 Å². The molecule has 18 heteroatoms. The Morgan fingerprint density at radius 3 is 0.738 bits per heavy atom. The number of ether oxygens (including phenoxy) is 3. The van der Waals surface area contributed by atoms with Crippen LogP contribution >= 0.6 is 15.6 Å². The molecule has 0 aromatic rings. The third kappa shape index (κ3) is 81.7. The van der Waals surface area contributed by atoms with Crippen LogP contribution in [0.15, 0.2) is 170 Å². The summed E-state index contributed by atoms with van der Waals surface area (Å²) in [7, 11) is -9.81. The van der Waals surface area contributed by atoms with Crippen LogP contribution in [0.4, 0.5) is 0 Å². The van der Waals surface area contributed by atoms with Gasteiger partial charge in [-0.1, -0.05) is 319 Å². The summed E-state index contributed by atoms with van der Waals surface area (Å²) in [4.78, 5) is 58.8. The van der Waals surface area contributed by atoms with Crippen molar-refractivity contribution in [2.24, 2.45) is 0 Å². The van der Waals surface area contributed by atoms with Crippen LogP contribution in [-0.4, -0.2) is 95.9 Å². The van der Waals surface area contributed by atoms with Crippen molar-refractivity contribution in [1.82, 2.24) is 0 Å². The Morgan fingerprint density at radius 1 is 0.262 bits per heavy atom. The third-order valence-electron chi connectivity index (χ3n) is 16.9. The van der Waals surface area contributed by atoms with Crippen LogP contribution in [0.2, 0.25) is 0 Å². The molecule has 0 radical (unpaired) electrons. The molecule has 5 atom stereocenters. The minimum absolute atomic E-state index is 0.0801. The van der Waals surface area contributed by atoms with Gasteiger partial charge in [-0.25, -0.2) is 9.13 Å². The van der Waals surface area contributed by atoms with Crippen molar-refractivity contribution in [2.75, 3.05) is 39.6 Å². The van der Waals surface area contributed by atoms with E-state index in [1.165, 1.54) is 70.6 Å². The van der Waals surface area contributed by atoms with Crippen molar-refractivity contribution in [3.8, 4) is 0 Å². The average Bonchev–Trinajstić information content (AvgIpc) is 0.914. The normalized spacial score (nSPS) is 14.8. The molecule has 0 aliphatic rings. The largest absolute Gasteiger partial charge is 0.472 e. The number of hydrogen-bond acceptors (Lipinski definition) is 14. The van der Waals surface area contributed by atoms with Crippen LogP contribution in [0.3, 0.4) is 0 Å². The Bertz CT molecular complexity index is 2620. The first kappa shape index (κ1) is 102. The van der Waals surface area contributed by atoms with Crippen LogP contribution < -0.4 is 0 Å². The molecule has 0 saturated carbocycles. The maximum absolute atomic E-state index is 13.0. The van der Waals surface area contributed by atoms with Crippen molar-refractivity contribution in [2.45, 2.75) is 334 Å². The van der Waals surface area contributed by atoms with E-state index in [2.05, 4.69) is 191 Å². The summed E-state index contributed by atoms with van der Waals surface area (Å²) in [5.74, 6) is -1.60. The zero-order valence-corrected chi connectivity index (χ0v) is 68.5. The Kier molecular flexibility index (Phi) is 76.6. The van der Waals surface area contributed by atoms with Gasteiger partial charge in [-0.05, 0) is 148 Å². The standard InChI is InChI=1S/C89H148O16P2/c1-4-7-10-13-16-19-22-25-28-30-32-34-36-38-40-41-43-45-46-48-50-52-55-57-60-63-66-69-72-75-87(92)99-78-84(90)79-101-106(95,96)102-80-85(91)81-103-107(97,98)104-83-86(105-89(94)77-74-71-68-65-62-59-54-27-24-21-18-15-12-9-6-3)82-100-88(93)76-73-70-67-64-61-58-56-53-51-49-47-44-42-39-37-35-33-31-29-26-23-20-17-14-11-8-5-2/h7-12,16-21,25-29,32-35,38-40,42-43,45,54,84-86,90-91H,4-6,13-15,22-24,30-31,36-37,41,44,46-53,55-83H2,1-3H3,(H,95,96)(H,97,98)/b10-7-,11-8-,12-9-,19-16-,20-17-,21-18-,28-25-,29-26-,34-32-,35-33-,40-38-,42-39-,45-43-,54-27-. The number of esters is 3. The number of unbranched alkanes of at least 4 members (excludes halogenated alkanes) is 26. The van der Waals surface area contributed by atoms with Crippen LogP contribution in [0, 0.1) is 0 Å². The number of allylic oxidation sites excluding steroid dienone is 28. The molecule has 0 heterocycles. The van der Waals surface area contributed by atoms with Crippen molar-refractivity contribution in [3.05, 3.63) is 170 Å². The number of hydrogen-bond donors (Lipinski definition) is 4. The van der Waals surface area contributed by atoms with Gasteiger partial charge < -0.3 is 34.2 Å². The van der Waals surface area contributed by atoms with E-state index in [1.54, 1.807) is 0 Å². The lowest BCUT2D eigenvalue weighted by Crippen LogP contribution is -2.30. The summed E-state index contributed by atoms with van der Waals surface area (Å²) in [6.45, 7) is 2.32. The molecule has 0 bridgehead atoms. The lowest BCUT2D eigenvalue weighted by Gasteiger charge is -2.21. The van der Waals surface area contributed by atoms with E-state index in [0.717, 1.165) is 186 Å². The Labute approximate surface area is 650 Å². The number of phosphoric ester groups is 2. The van der Waals surface area contributed by atoms with Gasteiger partial charge in [0, 0.05) is 19.3 Å². The number of aliphatic hydroxyl groups excluding tert-OH is 2. The highest BCUT2D eigenvalue weighted by Gasteiger charge is 2.29. The van der Waals surface area contributed by atoms with Gasteiger partial charge in [0.05, 0.1) is 26.4 Å². The molecule has 0 amide bonds. The summed E-state index contributed by atoms with van der Waals surface area (Å²) < 4.78 is 61.2. The Balaban J connectivity index is 4.56. The van der Waals surface area contributed by atoms with Gasteiger partial charge in [-0.2, -0.15) is 0 Å². The molecule has 0 fully saturated rings. The predicted octanol–water partition coefficient (Wildman–Crippen LogP) is 24.8. The fraction of sp³-hybridized carbons (Fsp3) is 0.652. The van der Waals surface area contributed by atoms with E-state index in [-0.39, 0.29) is 19.3 Å². The van der Waals surface area contributed by atoms with Crippen LogP contribution in [0.5, 0.6) is 0 Å². The molecule has 0 rings (SSSR count). The van der Waals surface area contributed by atoms with E-state index >= 15 is 0 Å². The minimum atomic E-state index is -4.94.